The number of nitrogens with one attached hydrogen (secondary N) is 2. The van der Waals surface area contributed by atoms with Crippen molar-refractivity contribution in [2.45, 2.75) is 38.1 Å². The maximum Gasteiger partial charge on any atom is 0.315 e. The SMILES string of the molecule is CN(C)C(=O)CCNC(=O)NC1CCCC(C(=O)O)C1. The van der Waals surface area contributed by atoms with Gasteiger partial charge in [-0.15, -0.1) is 0 Å². The quantitative estimate of drug-likeness (QED) is 0.681. The van der Waals surface area contributed by atoms with Crippen LogP contribution in [-0.4, -0.2) is 54.6 Å². The average molecular weight is 285 g/mol. The van der Waals surface area contributed by atoms with Crippen LogP contribution in [0.25, 0.3) is 0 Å². The second kappa shape index (κ2) is 7.72. The fourth-order valence-electron chi connectivity index (χ4n) is 2.29. The van der Waals surface area contributed by atoms with Gasteiger partial charge in [0.25, 0.3) is 0 Å². The minimum atomic E-state index is -0.798. The van der Waals surface area contributed by atoms with Crippen molar-refractivity contribution in [3.63, 3.8) is 0 Å². The van der Waals surface area contributed by atoms with E-state index in [4.69, 9.17) is 5.11 Å². The summed E-state index contributed by atoms with van der Waals surface area (Å²) in [7, 11) is 3.33. The van der Waals surface area contributed by atoms with E-state index in [1.54, 1.807) is 14.1 Å². The van der Waals surface area contributed by atoms with E-state index in [2.05, 4.69) is 10.6 Å². The molecule has 0 radical (unpaired) electrons. The van der Waals surface area contributed by atoms with Crippen LogP contribution in [0.2, 0.25) is 0 Å². The van der Waals surface area contributed by atoms with E-state index >= 15 is 0 Å². The van der Waals surface area contributed by atoms with Crippen LogP contribution < -0.4 is 10.6 Å². The Labute approximate surface area is 118 Å². The van der Waals surface area contributed by atoms with Crippen molar-refractivity contribution >= 4 is 17.9 Å². The molecule has 0 bridgehead atoms. The summed E-state index contributed by atoms with van der Waals surface area (Å²) in [5.74, 6) is -1.22. The smallest absolute Gasteiger partial charge is 0.315 e. The second-order valence-corrected chi connectivity index (χ2v) is 5.34. The molecule has 1 aliphatic rings. The number of rotatable bonds is 5. The van der Waals surface area contributed by atoms with Gasteiger partial charge in [0.15, 0.2) is 0 Å². The molecule has 7 heteroatoms. The third kappa shape index (κ3) is 5.46. The highest BCUT2D eigenvalue weighted by molar-refractivity contribution is 5.78. The molecule has 114 valence electrons. The number of hydrogen-bond acceptors (Lipinski definition) is 3. The van der Waals surface area contributed by atoms with Gasteiger partial charge in [0, 0.05) is 33.1 Å². The Morgan fingerprint density at radius 2 is 1.95 bits per heavy atom. The average Bonchev–Trinajstić information content (AvgIpc) is 2.38. The van der Waals surface area contributed by atoms with Crippen molar-refractivity contribution in [2.24, 2.45) is 5.92 Å². The normalized spacial score (nSPS) is 21.9. The van der Waals surface area contributed by atoms with Gasteiger partial charge in [0.1, 0.15) is 0 Å². The Morgan fingerprint density at radius 1 is 1.25 bits per heavy atom. The molecule has 1 rings (SSSR count). The molecular weight excluding hydrogens is 262 g/mol. The van der Waals surface area contributed by atoms with Crippen LogP contribution >= 0.6 is 0 Å². The van der Waals surface area contributed by atoms with Crippen molar-refractivity contribution in [3.05, 3.63) is 0 Å². The highest BCUT2D eigenvalue weighted by Crippen LogP contribution is 2.24. The number of aliphatic carboxylic acids is 1. The van der Waals surface area contributed by atoms with Crippen molar-refractivity contribution in [1.29, 1.82) is 0 Å². The molecule has 0 aromatic rings. The third-order valence-corrected chi connectivity index (χ3v) is 3.48. The van der Waals surface area contributed by atoms with Crippen LogP contribution in [0.15, 0.2) is 0 Å². The largest absolute Gasteiger partial charge is 0.481 e. The number of urea groups is 1. The van der Waals surface area contributed by atoms with Crippen LogP contribution in [0.1, 0.15) is 32.1 Å². The monoisotopic (exact) mass is 285 g/mol. The molecule has 2 unspecified atom stereocenters. The lowest BCUT2D eigenvalue weighted by molar-refractivity contribution is -0.143. The molecule has 0 heterocycles. The van der Waals surface area contributed by atoms with Gasteiger partial charge < -0.3 is 20.6 Å². The van der Waals surface area contributed by atoms with Gasteiger partial charge in [-0.25, -0.2) is 4.79 Å². The molecule has 1 fully saturated rings. The van der Waals surface area contributed by atoms with Crippen molar-refractivity contribution in [1.82, 2.24) is 15.5 Å². The first-order valence-electron chi connectivity index (χ1n) is 6.87. The Kier molecular flexibility index (Phi) is 6.27. The molecule has 1 saturated carbocycles. The predicted octanol–water partition coefficient (Wildman–Crippen LogP) is 0.407. The first-order chi connectivity index (χ1) is 9.40. The van der Waals surface area contributed by atoms with E-state index in [0.29, 0.717) is 12.8 Å². The van der Waals surface area contributed by atoms with Crippen LogP contribution in [0.4, 0.5) is 4.79 Å². The third-order valence-electron chi connectivity index (χ3n) is 3.48. The highest BCUT2D eigenvalue weighted by Gasteiger charge is 2.27. The number of carboxylic acids is 1. The van der Waals surface area contributed by atoms with Gasteiger partial charge in [-0.3, -0.25) is 9.59 Å². The summed E-state index contributed by atoms with van der Waals surface area (Å²) in [6.07, 6.45) is 3.00. The molecule has 7 nitrogen and oxygen atoms in total. The van der Waals surface area contributed by atoms with Crippen LogP contribution in [0, 0.1) is 5.92 Å². The van der Waals surface area contributed by atoms with Gasteiger partial charge in [0.2, 0.25) is 5.91 Å². The van der Waals surface area contributed by atoms with Crippen molar-refractivity contribution in [3.8, 4) is 0 Å². The van der Waals surface area contributed by atoms with E-state index in [9.17, 15) is 14.4 Å². The zero-order valence-corrected chi connectivity index (χ0v) is 12.0. The minimum absolute atomic E-state index is 0.0473. The number of carbonyl (C=O) groups excluding carboxylic acids is 2. The van der Waals surface area contributed by atoms with E-state index < -0.39 is 5.97 Å². The lowest BCUT2D eigenvalue weighted by Crippen LogP contribution is -2.45. The topological polar surface area (TPSA) is 98.7 Å². The standard InChI is InChI=1S/C13H23N3O4/c1-16(2)11(17)6-7-14-13(20)15-10-5-3-4-9(8-10)12(18)19/h9-10H,3-8H2,1-2H3,(H,18,19)(H2,14,15,20). The van der Waals surface area contributed by atoms with Crippen LogP contribution in [0.3, 0.4) is 0 Å². The molecule has 0 saturated heterocycles. The minimum Gasteiger partial charge on any atom is -0.481 e. The zero-order valence-electron chi connectivity index (χ0n) is 12.0. The molecule has 20 heavy (non-hydrogen) atoms. The summed E-state index contributed by atoms with van der Waals surface area (Å²) in [6.45, 7) is 0.276. The molecule has 0 aromatic carbocycles. The van der Waals surface area contributed by atoms with Gasteiger partial charge in [-0.2, -0.15) is 0 Å². The van der Waals surface area contributed by atoms with Gasteiger partial charge >= 0.3 is 12.0 Å². The second-order valence-electron chi connectivity index (χ2n) is 5.34. The zero-order chi connectivity index (χ0) is 15.1. The maximum atomic E-state index is 11.6. The number of amides is 3. The van der Waals surface area contributed by atoms with Crippen molar-refractivity contribution < 1.29 is 19.5 Å². The van der Waals surface area contributed by atoms with Gasteiger partial charge in [-0.1, -0.05) is 6.42 Å². The predicted molar refractivity (Wildman–Crippen MR) is 73.2 cm³/mol. The number of hydrogen-bond donors (Lipinski definition) is 3. The van der Waals surface area contributed by atoms with Crippen LogP contribution in [0.5, 0.6) is 0 Å². The summed E-state index contributed by atoms with van der Waals surface area (Å²) in [4.78, 5) is 35.4. The molecule has 0 aliphatic heterocycles. The van der Waals surface area contributed by atoms with Crippen molar-refractivity contribution in [2.75, 3.05) is 20.6 Å². The summed E-state index contributed by atoms with van der Waals surface area (Å²) in [5, 5.41) is 14.4. The molecule has 0 aromatic heterocycles. The van der Waals surface area contributed by atoms with E-state index in [1.165, 1.54) is 4.90 Å². The van der Waals surface area contributed by atoms with Gasteiger partial charge in [-0.05, 0) is 19.3 Å². The first-order valence-corrected chi connectivity index (χ1v) is 6.87. The van der Waals surface area contributed by atoms with Gasteiger partial charge in [0.05, 0.1) is 5.92 Å². The Bertz CT molecular complexity index is 371. The lowest BCUT2D eigenvalue weighted by atomic mass is 9.86. The maximum absolute atomic E-state index is 11.6. The summed E-state index contributed by atoms with van der Waals surface area (Å²) in [5.41, 5.74) is 0. The molecule has 1 aliphatic carbocycles. The first kappa shape index (κ1) is 16.3. The van der Waals surface area contributed by atoms with E-state index in [1.807, 2.05) is 0 Å². The molecule has 3 N–H and O–H groups in total. The Hall–Kier alpha value is -1.79. The molecular formula is C13H23N3O4. The summed E-state index contributed by atoms with van der Waals surface area (Å²) >= 11 is 0. The molecule has 3 amide bonds. The van der Waals surface area contributed by atoms with E-state index in [-0.39, 0.29) is 36.9 Å². The Morgan fingerprint density at radius 3 is 2.55 bits per heavy atom. The molecule has 0 spiro atoms. The Balaban J connectivity index is 2.25. The van der Waals surface area contributed by atoms with E-state index in [0.717, 1.165) is 12.8 Å². The molecule has 2 atom stereocenters. The summed E-state index contributed by atoms with van der Waals surface area (Å²) < 4.78 is 0. The number of carboxylic acid groups (broad SMARTS) is 1. The fraction of sp³-hybridized carbons (Fsp3) is 0.769. The summed E-state index contributed by atoms with van der Waals surface area (Å²) in [6, 6.07) is -0.443. The fourth-order valence-corrected chi connectivity index (χ4v) is 2.29. The highest BCUT2D eigenvalue weighted by atomic mass is 16.4. The van der Waals surface area contributed by atoms with Crippen LogP contribution in [-0.2, 0) is 9.59 Å². The number of carbonyl (C=O) groups is 3. The lowest BCUT2D eigenvalue weighted by Gasteiger charge is -2.27. The number of nitrogens with zero attached hydrogens (tertiary/aromatic N) is 1.